The van der Waals surface area contributed by atoms with Crippen LogP contribution >= 0.6 is 0 Å². The Bertz CT molecular complexity index is 281. The van der Waals surface area contributed by atoms with Crippen LogP contribution in [0.5, 0.6) is 0 Å². The van der Waals surface area contributed by atoms with Crippen LogP contribution in [0.1, 0.15) is 11.1 Å². The Hall–Kier alpha value is -0.212. The molecule has 0 amide bonds. The van der Waals surface area contributed by atoms with Gasteiger partial charge in [0.05, 0.1) is 0 Å². The number of hydrogen-bond donors (Lipinski definition) is 0. The first-order valence-corrected chi connectivity index (χ1v) is 7.51. The van der Waals surface area contributed by atoms with Crippen LogP contribution in [0.15, 0.2) is 24.3 Å². The second-order valence-corrected chi connectivity index (χ2v) is 4.43. The van der Waals surface area contributed by atoms with E-state index < -0.39 is 33.8 Å². The molecule has 77 valence electrons. The topological polar surface area (TPSA) is 9.23 Å². The Morgan fingerprint density at radius 1 is 1.21 bits per heavy atom. The zero-order chi connectivity index (χ0) is 10.6. The van der Waals surface area contributed by atoms with Crippen LogP contribution in [0.4, 0.5) is 13.2 Å². The van der Waals surface area contributed by atoms with E-state index in [0.29, 0.717) is 6.61 Å². The first-order chi connectivity index (χ1) is 6.54. The van der Waals surface area contributed by atoms with Crippen LogP contribution in [-0.4, -0.2) is 22.0 Å². The molecule has 1 radical (unpaired) electrons. The van der Waals surface area contributed by atoms with Gasteiger partial charge in [0, 0.05) is 0 Å². The summed E-state index contributed by atoms with van der Waals surface area (Å²) in [5.74, 6) is 0. The summed E-state index contributed by atoms with van der Waals surface area (Å²) >= 11 is -0.573. The zero-order valence-electron chi connectivity index (χ0n) is 7.51. The zero-order valence-corrected chi connectivity index (χ0v) is 10.1. The molecule has 0 N–H and O–H groups in total. The normalized spacial score (nSPS) is 11.7. The van der Waals surface area contributed by atoms with Gasteiger partial charge in [-0.25, -0.2) is 0 Å². The molecule has 0 fully saturated rings. The predicted octanol–water partition coefficient (Wildman–Crippen LogP) is 2.89. The van der Waals surface area contributed by atoms with Crippen LogP contribution in [0.25, 0.3) is 0 Å². The van der Waals surface area contributed by atoms with Crippen molar-refractivity contribution in [3.8, 4) is 0 Å². The van der Waals surface area contributed by atoms with E-state index in [0.717, 1.165) is 17.7 Å². The van der Waals surface area contributed by atoms with Gasteiger partial charge in [0.25, 0.3) is 0 Å². The van der Waals surface area contributed by atoms with Crippen molar-refractivity contribution in [3.63, 3.8) is 0 Å². The molecule has 0 aliphatic heterocycles. The molecule has 0 aromatic heterocycles. The van der Waals surface area contributed by atoms with Gasteiger partial charge in [-0.05, 0) is 0 Å². The van der Waals surface area contributed by atoms with Gasteiger partial charge in [-0.1, -0.05) is 0 Å². The van der Waals surface area contributed by atoms with Crippen molar-refractivity contribution in [2.24, 2.45) is 0 Å². The summed E-state index contributed by atoms with van der Waals surface area (Å²) in [6, 6.07) is 5.07. The summed E-state index contributed by atoms with van der Waals surface area (Å²) in [6.07, 6.45) is -4.25. The number of halogens is 3. The molecule has 0 aliphatic rings. The van der Waals surface area contributed by atoms with E-state index >= 15 is 0 Å². The van der Waals surface area contributed by atoms with E-state index in [2.05, 4.69) is 0 Å². The predicted molar refractivity (Wildman–Crippen MR) is 47.9 cm³/mol. The third kappa shape index (κ3) is 3.50. The SMILES string of the molecule is [CH3][Sb][O]Cc1ccc(C(F)(F)F)cc1. The molecule has 0 atom stereocenters. The van der Waals surface area contributed by atoms with Crippen LogP contribution in [0, 0.1) is 0 Å². The van der Waals surface area contributed by atoms with Crippen molar-refractivity contribution >= 4 is 22.0 Å². The van der Waals surface area contributed by atoms with E-state index in [4.69, 9.17) is 3.02 Å². The van der Waals surface area contributed by atoms with Gasteiger partial charge in [0.1, 0.15) is 0 Å². The number of alkyl halides is 3. The summed E-state index contributed by atoms with van der Waals surface area (Å²) in [4.78, 5) is 1.99. The number of hydrogen-bond acceptors (Lipinski definition) is 1. The average Bonchev–Trinajstić information content (AvgIpc) is 2.14. The maximum atomic E-state index is 12.1. The van der Waals surface area contributed by atoms with Gasteiger partial charge in [-0.2, -0.15) is 0 Å². The number of rotatable bonds is 3. The van der Waals surface area contributed by atoms with E-state index in [1.165, 1.54) is 12.1 Å². The van der Waals surface area contributed by atoms with Crippen LogP contribution < -0.4 is 0 Å². The average molecular weight is 312 g/mol. The molecule has 5 heteroatoms. The summed E-state index contributed by atoms with van der Waals surface area (Å²) in [5, 5.41) is 0. The second-order valence-electron chi connectivity index (χ2n) is 2.65. The minimum absolute atomic E-state index is 0.422. The molecular formula is C9H9F3OSb. The fourth-order valence-electron chi connectivity index (χ4n) is 0.929. The first-order valence-electron chi connectivity index (χ1n) is 3.91. The van der Waals surface area contributed by atoms with Gasteiger partial charge in [-0.3, -0.25) is 0 Å². The van der Waals surface area contributed by atoms with Crippen LogP contribution in [0.3, 0.4) is 0 Å². The fraction of sp³-hybridized carbons (Fsp3) is 0.333. The van der Waals surface area contributed by atoms with Gasteiger partial charge in [0.15, 0.2) is 0 Å². The molecule has 0 saturated heterocycles. The van der Waals surface area contributed by atoms with Gasteiger partial charge in [0.2, 0.25) is 0 Å². The Morgan fingerprint density at radius 2 is 1.79 bits per heavy atom. The van der Waals surface area contributed by atoms with Crippen molar-refractivity contribution in [2.75, 3.05) is 0 Å². The molecule has 0 aliphatic carbocycles. The van der Waals surface area contributed by atoms with Gasteiger partial charge in [-0.15, -0.1) is 0 Å². The molecular weight excluding hydrogens is 303 g/mol. The van der Waals surface area contributed by atoms with Gasteiger partial charge >= 0.3 is 91.3 Å². The van der Waals surface area contributed by atoms with Crippen molar-refractivity contribution in [3.05, 3.63) is 35.4 Å². The second kappa shape index (κ2) is 5.03. The molecule has 0 spiro atoms. The Kier molecular flexibility index (Phi) is 4.26. The van der Waals surface area contributed by atoms with Crippen LogP contribution in [0.2, 0.25) is 4.87 Å². The third-order valence-corrected chi connectivity index (χ3v) is 2.75. The summed E-state index contributed by atoms with van der Waals surface area (Å²) in [5.41, 5.74) is 0.173. The summed E-state index contributed by atoms with van der Waals surface area (Å²) in [6.45, 7) is 0.422. The molecule has 14 heavy (non-hydrogen) atoms. The maximum absolute atomic E-state index is 12.1. The van der Waals surface area contributed by atoms with Crippen LogP contribution in [-0.2, 0) is 15.8 Å². The van der Waals surface area contributed by atoms with Crippen molar-refractivity contribution in [1.82, 2.24) is 0 Å². The minimum atomic E-state index is -4.25. The third-order valence-electron chi connectivity index (χ3n) is 1.64. The molecule has 0 saturated carbocycles. The van der Waals surface area contributed by atoms with E-state index in [-0.39, 0.29) is 0 Å². The molecule has 1 rings (SSSR count). The molecule has 1 aromatic carbocycles. The molecule has 1 nitrogen and oxygen atoms in total. The van der Waals surface area contributed by atoms with Crippen molar-refractivity contribution in [1.29, 1.82) is 0 Å². The first kappa shape index (κ1) is 11.9. The molecule has 1 aromatic rings. The van der Waals surface area contributed by atoms with Crippen molar-refractivity contribution in [2.45, 2.75) is 17.7 Å². The molecule has 0 unspecified atom stereocenters. The summed E-state index contributed by atoms with van der Waals surface area (Å²) in [7, 11) is 0. The van der Waals surface area contributed by atoms with Gasteiger partial charge < -0.3 is 0 Å². The summed E-state index contributed by atoms with van der Waals surface area (Å²) < 4.78 is 41.7. The standard InChI is InChI=1S/C8H6F3O.CH3.Sb/c9-8(10,11)7-3-1-6(5-12)2-4-7;;/h1-4H,5H2;1H3;/q-1;;+1. The Balaban J connectivity index is 2.69. The quantitative estimate of drug-likeness (QED) is 0.780. The molecule has 0 bridgehead atoms. The monoisotopic (exact) mass is 311 g/mol. The Morgan fingerprint density at radius 3 is 2.21 bits per heavy atom. The van der Waals surface area contributed by atoms with Crippen molar-refractivity contribution < 1.29 is 16.2 Å². The fourth-order valence-corrected chi connectivity index (χ4v) is 1.72. The van der Waals surface area contributed by atoms with E-state index in [1.807, 2.05) is 4.87 Å². The Labute approximate surface area is 91.4 Å². The van der Waals surface area contributed by atoms with E-state index in [9.17, 15) is 13.2 Å². The number of benzene rings is 1. The van der Waals surface area contributed by atoms with E-state index in [1.54, 1.807) is 0 Å². The molecule has 0 heterocycles.